The van der Waals surface area contributed by atoms with Crippen LogP contribution in [0.4, 0.5) is 5.69 Å². The highest BCUT2D eigenvalue weighted by Crippen LogP contribution is 2.19. The molecular formula is C21H21ClN4O3. The van der Waals surface area contributed by atoms with Gasteiger partial charge in [-0.05, 0) is 56.2 Å². The van der Waals surface area contributed by atoms with E-state index in [4.69, 9.17) is 16.3 Å². The summed E-state index contributed by atoms with van der Waals surface area (Å²) in [4.78, 5) is 28.8. The number of anilines is 1. The summed E-state index contributed by atoms with van der Waals surface area (Å²) in [6, 6.07) is 12.6. The van der Waals surface area contributed by atoms with E-state index in [1.165, 1.54) is 0 Å². The summed E-state index contributed by atoms with van der Waals surface area (Å²) >= 11 is 6.11. The number of nitrogens with zero attached hydrogens (tertiary/aromatic N) is 3. The second-order valence-corrected chi connectivity index (χ2v) is 6.92. The lowest BCUT2D eigenvalue weighted by Crippen LogP contribution is -2.22. The number of aryl methyl sites for hydroxylation is 3. The summed E-state index contributed by atoms with van der Waals surface area (Å²) in [7, 11) is 0. The fraction of sp³-hybridized carbons (Fsp3) is 0.238. The Morgan fingerprint density at radius 2 is 1.97 bits per heavy atom. The van der Waals surface area contributed by atoms with Crippen molar-refractivity contribution in [2.45, 2.75) is 27.2 Å². The van der Waals surface area contributed by atoms with Gasteiger partial charge in [-0.25, -0.2) is 14.5 Å². The molecule has 0 radical (unpaired) electrons. The van der Waals surface area contributed by atoms with Crippen molar-refractivity contribution in [1.82, 2.24) is 14.8 Å². The standard InChI is InChI=1S/C21H21ClN4O3/c1-4-15-6-5-7-16(11-15)23-19(27)12-29-21(28)20-17(22)8-9-18(24-20)26-14(3)10-13(2)25-26/h5-11H,4,12H2,1-3H3,(H,23,27). The Morgan fingerprint density at radius 1 is 1.17 bits per heavy atom. The second kappa shape index (κ2) is 8.87. The van der Waals surface area contributed by atoms with Crippen LogP contribution < -0.4 is 5.32 Å². The first kappa shape index (κ1) is 20.5. The Bertz CT molecular complexity index is 1060. The van der Waals surface area contributed by atoms with Crippen molar-refractivity contribution < 1.29 is 14.3 Å². The first-order valence-electron chi connectivity index (χ1n) is 9.13. The molecule has 1 amide bonds. The highest BCUT2D eigenvalue weighted by atomic mass is 35.5. The van der Waals surface area contributed by atoms with E-state index in [0.717, 1.165) is 23.4 Å². The van der Waals surface area contributed by atoms with Crippen LogP contribution in [0.2, 0.25) is 5.02 Å². The van der Waals surface area contributed by atoms with Crippen LogP contribution in [0.15, 0.2) is 42.5 Å². The predicted molar refractivity (Wildman–Crippen MR) is 111 cm³/mol. The van der Waals surface area contributed by atoms with Crippen LogP contribution >= 0.6 is 11.6 Å². The summed E-state index contributed by atoms with van der Waals surface area (Å²) in [6.07, 6.45) is 0.856. The molecule has 29 heavy (non-hydrogen) atoms. The highest BCUT2D eigenvalue weighted by Gasteiger charge is 2.18. The van der Waals surface area contributed by atoms with Crippen molar-refractivity contribution in [2.75, 3.05) is 11.9 Å². The van der Waals surface area contributed by atoms with E-state index in [1.54, 1.807) is 22.9 Å². The third-order valence-corrected chi connectivity index (χ3v) is 4.51. The van der Waals surface area contributed by atoms with Crippen LogP contribution in [0.5, 0.6) is 0 Å². The minimum Gasteiger partial charge on any atom is -0.451 e. The summed E-state index contributed by atoms with van der Waals surface area (Å²) in [5.41, 5.74) is 3.36. The van der Waals surface area contributed by atoms with Gasteiger partial charge in [-0.1, -0.05) is 30.7 Å². The number of carbonyl (C=O) groups is 2. The number of esters is 1. The van der Waals surface area contributed by atoms with E-state index in [1.807, 2.05) is 45.0 Å². The topological polar surface area (TPSA) is 86.1 Å². The van der Waals surface area contributed by atoms with E-state index in [9.17, 15) is 9.59 Å². The van der Waals surface area contributed by atoms with E-state index in [-0.39, 0.29) is 10.7 Å². The highest BCUT2D eigenvalue weighted by molar-refractivity contribution is 6.33. The Morgan fingerprint density at radius 3 is 2.66 bits per heavy atom. The van der Waals surface area contributed by atoms with Gasteiger partial charge in [0, 0.05) is 11.4 Å². The van der Waals surface area contributed by atoms with Gasteiger partial charge in [-0.15, -0.1) is 0 Å². The number of hydrogen-bond acceptors (Lipinski definition) is 5. The molecule has 0 aliphatic carbocycles. The molecule has 0 fully saturated rings. The molecule has 0 saturated heterocycles. The lowest BCUT2D eigenvalue weighted by molar-refractivity contribution is -0.119. The van der Waals surface area contributed by atoms with Gasteiger partial charge >= 0.3 is 5.97 Å². The van der Waals surface area contributed by atoms with Gasteiger partial charge in [-0.2, -0.15) is 5.10 Å². The Balaban J connectivity index is 1.68. The molecule has 3 aromatic rings. The maximum atomic E-state index is 12.4. The molecule has 0 atom stereocenters. The zero-order valence-electron chi connectivity index (χ0n) is 16.4. The van der Waals surface area contributed by atoms with Gasteiger partial charge in [0.25, 0.3) is 5.91 Å². The molecule has 150 valence electrons. The third-order valence-electron chi connectivity index (χ3n) is 4.20. The van der Waals surface area contributed by atoms with Gasteiger partial charge in [-0.3, -0.25) is 4.79 Å². The zero-order chi connectivity index (χ0) is 21.0. The van der Waals surface area contributed by atoms with Gasteiger partial charge in [0.15, 0.2) is 18.1 Å². The van der Waals surface area contributed by atoms with Crippen LogP contribution in [0.25, 0.3) is 5.82 Å². The molecule has 0 aliphatic heterocycles. The van der Waals surface area contributed by atoms with Crippen LogP contribution in [0.3, 0.4) is 0 Å². The van der Waals surface area contributed by atoms with E-state index in [0.29, 0.717) is 11.5 Å². The van der Waals surface area contributed by atoms with E-state index >= 15 is 0 Å². The summed E-state index contributed by atoms with van der Waals surface area (Å²) in [6.45, 7) is 5.33. The zero-order valence-corrected chi connectivity index (χ0v) is 17.2. The van der Waals surface area contributed by atoms with Gasteiger partial charge in [0.2, 0.25) is 0 Å². The molecule has 0 spiro atoms. The van der Waals surface area contributed by atoms with E-state index < -0.39 is 18.5 Å². The predicted octanol–water partition coefficient (Wildman–Crippen LogP) is 3.90. The number of halogens is 1. The van der Waals surface area contributed by atoms with Crippen molar-refractivity contribution in [3.05, 3.63) is 70.1 Å². The Kier molecular flexibility index (Phi) is 6.29. The number of benzene rings is 1. The average Bonchev–Trinajstić information content (AvgIpc) is 3.04. The maximum Gasteiger partial charge on any atom is 0.359 e. The molecule has 2 aromatic heterocycles. The fourth-order valence-electron chi connectivity index (χ4n) is 2.82. The summed E-state index contributed by atoms with van der Waals surface area (Å²) in [5, 5.41) is 7.18. The first-order valence-corrected chi connectivity index (χ1v) is 9.51. The van der Waals surface area contributed by atoms with Crippen LogP contribution in [0, 0.1) is 13.8 Å². The number of pyridine rings is 1. The van der Waals surface area contributed by atoms with Crippen molar-refractivity contribution in [1.29, 1.82) is 0 Å². The van der Waals surface area contributed by atoms with Crippen LogP contribution in [-0.4, -0.2) is 33.2 Å². The van der Waals surface area contributed by atoms with Crippen molar-refractivity contribution in [2.24, 2.45) is 0 Å². The third kappa shape index (κ3) is 5.00. The maximum absolute atomic E-state index is 12.4. The van der Waals surface area contributed by atoms with Crippen LogP contribution in [-0.2, 0) is 16.0 Å². The molecule has 0 aliphatic rings. The normalized spacial score (nSPS) is 10.6. The number of aromatic nitrogens is 3. The molecule has 7 nitrogen and oxygen atoms in total. The molecule has 1 N–H and O–H groups in total. The van der Waals surface area contributed by atoms with Gasteiger partial charge < -0.3 is 10.1 Å². The van der Waals surface area contributed by atoms with E-state index in [2.05, 4.69) is 15.4 Å². The quantitative estimate of drug-likeness (QED) is 0.620. The number of hydrogen-bond donors (Lipinski definition) is 1. The molecule has 0 bridgehead atoms. The number of ether oxygens (including phenoxy) is 1. The minimum absolute atomic E-state index is 0.0718. The lowest BCUT2D eigenvalue weighted by atomic mass is 10.1. The second-order valence-electron chi connectivity index (χ2n) is 6.52. The summed E-state index contributed by atoms with van der Waals surface area (Å²) < 4.78 is 6.71. The van der Waals surface area contributed by atoms with Gasteiger partial charge in [0.1, 0.15) is 0 Å². The first-order chi connectivity index (χ1) is 13.9. The van der Waals surface area contributed by atoms with Crippen molar-refractivity contribution >= 4 is 29.2 Å². The van der Waals surface area contributed by atoms with Crippen molar-refractivity contribution in [3.63, 3.8) is 0 Å². The SMILES string of the molecule is CCc1cccc(NC(=O)COC(=O)c2nc(-n3nc(C)cc3C)ccc2Cl)c1. The average molecular weight is 413 g/mol. The number of carbonyl (C=O) groups excluding carboxylic acids is 2. The number of nitrogens with one attached hydrogen (secondary N) is 1. The summed E-state index contributed by atoms with van der Waals surface area (Å²) in [5.74, 6) is -0.791. The molecular weight excluding hydrogens is 392 g/mol. The molecule has 8 heteroatoms. The molecule has 3 rings (SSSR count). The molecule has 2 heterocycles. The fourth-order valence-corrected chi connectivity index (χ4v) is 3.00. The van der Waals surface area contributed by atoms with Gasteiger partial charge in [0.05, 0.1) is 10.7 Å². The Labute approximate surface area is 173 Å². The number of amides is 1. The molecule has 0 saturated carbocycles. The smallest absolute Gasteiger partial charge is 0.359 e. The molecule has 0 unspecified atom stereocenters. The number of rotatable bonds is 6. The molecule has 1 aromatic carbocycles. The largest absolute Gasteiger partial charge is 0.451 e. The minimum atomic E-state index is -0.782. The monoisotopic (exact) mass is 412 g/mol. The van der Waals surface area contributed by atoms with Crippen LogP contribution in [0.1, 0.15) is 34.4 Å². The Hall–Kier alpha value is -3.19. The van der Waals surface area contributed by atoms with Crippen molar-refractivity contribution in [3.8, 4) is 5.82 Å². The lowest BCUT2D eigenvalue weighted by Gasteiger charge is -2.09.